The molecule has 1 saturated heterocycles. The predicted octanol–water partition coefficient (Wildman–Crippen LogP) is -1.72. The maximum Gasteiger partial charge on any atom is 0.137 e. The smallest absolute Gasteiger partial charge is 0.137 e. The molecule has 5 N–H and O–H groups in total. The Morgan fingerprint density at radius 3 is 3.09 bits per heavy atom. The molecule has 6 nitrogen and oxygen atoms in total. The van der Waals surface area contributed by atoms with Crippen molar-refractivity contribution in [3.63, 3.8) is 0 Å². The fourth-order valence-electron chi connectivity index (χ4n) is 1.17. The molecule has 1 aliphatic rings. The van der Waals surface area contributed by atoms with E-state index in [-0.39, 0.29) is 12.1 Å². The summed E-state index contributed by atoms with van der Waals surface area (Å²) in [6.07, 6.45) is 1.41. The second-order valence-electron chi connectivity index (χ2n) is 2.53. The molecule has 0 spiro atoms. The monoisotopic (exact) mass is 154 g/mol. The van der Waals surface area contributed by atoms with Crippen LogP contribution in [0, 0.1) is 0 Å². The zero-order chi connectivity index (χ0) is 7.68. The van der Waals surface area contributed by atoms with Crippen molar-refractivity contribution in [1.29, 1.82) is 0 Å². The second-order valence-corrected chi connectivity index (χ2v) is 2.53. The predicted molar refractivity (Wildman–Crippen MR) is 38.2 cm³/mol. The molecule has 1 fully saturated rings. The molecular weight excluding hydrogens is 144 g/mol. The van der Waals surface area contributed by atoms with Gasteiger partial charge in [-0.1, -0.05) is 0 Å². The lowest BCUT2D eigenvalue weighted by Crippen LogP contribution is -2.38. The molecule has 1 aromatic rings. The van der Waals surface area contributed by atoms with E-state index >= 15 is 0 Å². The maximum absolute atomic E-state index is 5.71. The third kappa shape index (κ3) is 1.11. The van der Waals surface area contributed by atoms with Gasteiger partial charge in [-0.3, -0.25) is 10.5 Å². The van der Waals surface area contributed by atoms with Crippen LogP contribution < -0.4 is 16.6 Å². The van der Waals surface area contributed by atoms with Crippen LogP contribution in [0.3, 0.4) is 0 Å². The zero-order valence-electron chi connectivity index (χ0n) is 5.91. The second kappa shape index (κ2) is 2.57. The fraction of sp³-hybridized carbons (Fsp3) is 0.600. The van der Waals surface area contributed by atoms with Gasteiger partial charge in [-0.15, -0.1) is 0 Å². The quantitative estimate of drug-likeness (QED) is 0.386. The molecule has 2 heterocycles. The van der Waals surface area contributed by atoms with Gasteiger partial charge in [0.15, 0.2) is 0 Å². The third-order valence-corrected chi connectivity index (χ3v) is 1.81. The standard InChI is InChI=1S/C5H10N6/c6-4-3(1-8-10-4)5-7-2-9-11-5/h2-4,8,10H,1,6H2,(H,7,9,11). The summed E-state index contributed by atoms with van der Waals surface area (Å²) in [6, 6.07) is 0. The highest BCUT2D eigenvalue weighted by atomic mass is 15.4. The molecular formula is C5H10N6. The van der Waals surface area contributed by atoms with Crippen LogP contribution in [0.2, 0.25) is 0 Å². The normalized spacial score (nSPS) is 31.0. The minimum Gasteiger partial charge on any atom is -0.314 e. The van der Waals surface area contributed by atoms with E-state index in [1.165, 1.54) is 6.33 Å². The minimum atomic E-state index is -0.0806. The number of nitrogens with one attached hydrogen (secondary N) is 3. The summed E-state index contributed by atoms with van der Waals surface area (Å²) in [5.41, 5.74) is 11.6. The summed E-state index contributed by atoms with van der Waals surface area (Å²) >= 11 is 0. The molecule has 11 heavy (non-hydrogen) atoms. The number of hydrazine groups is 1. The Labute approximate surface area is 63.5 Å². The summed E-state index contributed by atoms with van der Waals surface area (Å²) in [6.45, 7) is 0.788. The van der Waals surface area contributed by atoms with Gasteiger partial charge in [-0.2, -0.15) is 5.10 Å². The van der Waals surface area contributed by atoms with Crippen molar-refractivity contribution < 1.29 is 0 Å². The zero-order valence-corrected chi connectivity index (χ0v) is 5.91. The summed E-state index contributed by atoms with van der Waals surface area (Å²) in [5, 5.41) is 6.54. The molecule has 0 saturated carbocycles. The molecule has 2 rings (SSSR count). The largest absolute Gasteiger partial charge is 0.314 e. The van der Waals surface area contributed by atoms with Crippen molar-refractivity contribution in [3.05, 3.63) is 12.2 Å². The summed E-state index contributed by atoms with van der Waals surface area (Å²) in [4.78, 5) is 4.02. The SMILES string of the molecule is NC1NNCC1c1ncn[nH]1. The van der Waals surface area contributed by atoms with Gasteiger partial charge in [0.1, 0.15) is 12.2 Å². The Kier molecular flexibility index (Phi) is 1.57. The number of hydrogen-bond acceptors (Lipinski definition) is 5. The van der Waals surface area contributed by atoms with Gasteiger partial charge in [0, 0.05) is 6.54 Å². The molecule has 0 bridgehead atoms. The van der Waals surface area contributed by atoms with Gasteiger partial charge in [-0.05, 0) is 0 Å². The molecule has 2 atom stereocenters. The highest BCUT2D eigenvalue weighted by Crippen LogP contribution is 2.13. The summed E-state index contributed by atoms with van der Waals surface area (Å²) in [5.74, 6) is 1.02. The third-order valence-electron chi connectivity index (χ3n) is 1.81. The Bertz CT molecular complexity index is 219. The van der Waals surface area contributed by atoms with Gasteiger partial charge < -0.3 is 5.73 Å². The molecule has 1 aromatic heterocycles. The molecule has 1 aliphatic heterocycles. The van der Waals surface area contributed by atoms with E-state index in [2.05, 4.69) is 26.0 Å². The van der Waals surface area contributed by atoms with Crippen LogP contribution in [0.25, 0.3) is 0 Å². The number of hydrogen-bond donors (Lipinski definition) is 4. The fourth-order valence-corrected chi connectivity index (χ4v) is 1.17. The molecule has 6 heteroatoms. The van der Waals surface area contributed by atoms with Crippen LogP contribution in [0.4, 0.5) is 0 Å². The number of H-pyrrole nitrogens is 1. The van der Waals surface area contributed by atoms with Gasteiger partial charge in [0.05, 0.1) is 12.1 Å². The average molecular weight is 154 g/mol. The van der Waals surface area contributed by atoms with Gasteiger partial charge in [0.2, 0.25) is 0 Å². The number of rotatable bonds is 1. The van der Waals surface area contributed by atoms with Gasteiger partial charge in [-0.25, -0.2) is 10.4 Å². The Hall–Kier alpha value is -0.980. The molecule has 0 amide bonds. The van der Waals surface area contributed by atoms with E-state index < -0.39 is 0 Å². The van der Waals surface area contributed by atoms with Crippen molar-refractivity contribution in [1.82, 2.24) is 26.0 Å². The lowest BCUT2D eigenvalue weighted by Gasteiger charge is -2.08. The Morgan fingerprint density at radius 2 is 2.55 bits per heavy atom. The van der Waals surface area contributed by atoms with Crippen LogP contribution in [0.15, 0.2) is 6.33 Å². The van der Waals surface area contributed by atoms with Crippen LogP contribution in [-0.2, 0) is 0 Å². The first kappa shape index (κ1) is 6.71. The molecule has 60 valence electrons. The van der Waals surface area contributed by atoms with Crippen molar-refractivity contribution in [2.45, 2.75) is 12.1 Å². The number of nitrogens with zero attached hydrogens (tertiary/aromatic N) is 2. The van der Waals surface area contributed by atoms with E-state index in [4.69, 9.17) is 5.73 Å². The van der Waals surface area contributed by atoms with Crippen LogP contribution >= 0.6 is 0 Å². The van der Waals surface area contributed by atoms with E-state index in [0.29, 0.717) is 0 Å². The minimum absolute atomic E-state index is 0.0806. The molecule has 2 unspecified atom stereocenters. The Balaban J connectivity index is 2.16. The van der Waals surface area contributed by atoms with Gasteiger partial charge in [0.25, 0.3) is 0 Å². The van der Waals surface area contributed by atoms with E-state index in [1.807, 2.05) is 0 Å². The Morgan fingerprint density at radius 1 is 1.64 bits per heavy atom. The van der Waals surface area contributed by atoms with Crippen LogP contribution in [0.5, 0.6) is 0 Å². The first-order valence-electron chi connectivity index (χ1n) is 3.47. The van der Waals surface area contributed by atoms with Gasteiger partial charge >= 0.3 is 0 Å². The summed E-state index contributed by atoms with van der Waals surface area (Å²) < 4.78 is 0. The average Bonchev–Trinajstić information content (AvgIpc) is 2.55. The highest BCUT2D eigenvalue weighted by molar-refractivity contribution is 5.01. The first-order chi connectivity index (χ1) is 5.38. The summed E-state index contributed by atoms with van der Waals surface area (Å²) in [7, 11) is 0. The first-order valence-corrected chi connectivity index (χ1v) is 3.47. The van der Waals surface area contributed by atoms with E-state index in [9.17, 15) is 0 Å². The molecule has 0 radical (unpaired) electrons. The lowest BCUT2D eigenvalue weighted by molar-refractivity contribution is 0.535. The number of nitrogens with two attached hydrogens (primary N) is 1. The molecule has 0 aromatic carbocycles. The van der Waals surface area contributed by atoms with Crippen LogP contribution in [-0.4, -0.2) is 27.9 Å². The van der Waals surface area contributed by atoms with Crippen molar-refractivity contribution in [2.75, 3.05) is 6.54 Å². The maximum atomic E-state index is 5.71. The number of aromatic nitrogens is 3. The van der Waals surface area contributed by atoms with E-state index in [0.717, 1.165) is 12.4 Å². The molecule has 0 aliphatic carbocycles. The van der Waals surface area contributed by atoms with Crippen LogP contribution in [0.1, 0.15) is 11.7 Å². The van der Waals surface area contributed by atoms with E-state index in [1.54, 1.807) is 0 Å². The lowest BCUT2D eigenvalue weighted by atomic mass is 10.1. The van der Waals surface area contributed by atoms with Crippen molar-refractivity contribution in [2.24, 2.45) is 5.73 Å². The van der Waals surface area contributed by atoms with Crippen molar-refractivity contribution >= 4 is 0 Å². The highest BCUT2D eigenvalue weighted by Gasteiger charge is 2.26. The van der Waals surface area contributed by atoms with Crippen molar-refractivity contribution in [3.8, 4) is 0 Å². The number of aromatic amines is 1. The topological polar surface area (TPSA) is 91.7 Å².